The second-order valence-electron chi connectivity index (χ2n) is 7.50. The molecule has 1 aliphatic rings. The molecule has 0 aromatic heterocycles. The summed E-state index contributed by atoms with van der Waals surface area (Å²) in [5.74, 6) is 0.0950. The van der Waals surface area contributed by atoms with Gasteiger partial charge < -0.3 is 10.4 Å². The summed E-state index contributed by atoms with van der Waals surface area (Å²) in [5, 5.41) is 13.3. The maximum Gasteiger partial charge on any atom is 0.185 e. The molecule has 2 atom stereocenters. The number of aliphatic hydroxyl groups is 1. The lowest BCUT2D eigenvalue weighted by molar-refractivity contribution is 0.0969. The minimum Gasteiger partial charge on any atom is -0.393 e. The Bertz CT molecular complexity index is 937. The van der Waals surface area contributed by atoms with Gasteiger partial charge in [0.2, 0.25) is 0 Å². The van der Waals surface area contributed by atoms with Crippen molar-refractivity contribution < 1.29 is 9.90 Å². The van der Waals surface area contributed by atoms with E-state index >= 15 is 0 Å². The lowest BCUT2D eigenvalue weighted by Gasteiger charge is -2.23. The van der Waals surface area contributed by atoms with E-state index in [2.05, 4.69) is 29.6 Å². The first-order chi connectivity index (χ1) is 13.7. The van der Waals surface area contributed by atoms with Crippen LogP contribution < -0.4 is 5.32 Å². The van der Waals surface area contributed by atoms with Crippen molar-refractivity contribution in [2.45, 2.75) is 37.8 Å². The fourth-order valence-corrected chi connectivity index (χ4v) is 3.89. The Hall–Kier alpha value is -2.91. The van der Waals surface area contributed by atoms with E-state index < -0.39 is 0 Å². The third-order valence-electron chi connectivity index (χ3n) is 5.41. The summed E-state index contributed by atoms with van der Waals surface area (Å²) in [6.07, 6.45) is 2.78. The quantitative estimate of drug-likeness (QED) is 0.630. The maximum absolute atomic E-state index is 13.2. The second-order valence-corrected chi connectivity index (χ2v) is 7.50. The van der Waals surface area contributed by atoms with Crippen LogP contribution in [0.2, 0.25) is 0 Å². The highest BCUT2D eigenvalue weighted by molar-refractivity contribution is 6.01. The van der Waals surface area contributed by atoms with Gasteiger partial charge in [-0.1, -0.05) is 66.7 Å². The van der Waals surface area contributed by atoms with Gasteiger partial charge in [-0.15, -0.1) is 0 Å². The minimum absolute atomic E-state index is 0.0950. The Morgan fingerprint density at radius 1 is 0.964 bits per heavy atom. The molecule has 1 aliphatic carbocycles. The Labute approximate surface area is 166 Å². The maximum atomic E-state index is 13.2. The summed E-state index contributed by atoms with van der Waals surface area (Å²) in [7, 11) is 0. The van der Waals surface area contributed by atoms with Crippen LogP contribution in [-0.2, 0) is 19.3 Å². The molecule has 2 unspecified atom stereocenters. The van der Waals surface area contributed by atoms with Gasteiger partial charge in [-0.2, -0.15) is 0 Å². The zero-order valence-electron chi connectivity index (χ0n) is 15.8. The molecule has 0 heterocycles. The fraction of sp³-hybridized carbons (Fsp3) is 0.240. The van der Waals surface area contributed by atoms with Crippen LogP contribution in [0.4, 0.5) is 5.69 Å². The van der Waals surface area contributed by atoms with Crippen LogP contribution in [0.15, 0.2) is 78.9 Å². The molecule has 3 heteroatoms. The van der Waals surface area contributed by atoms with Gasteiger partial charge in [0.05, 0.1) is 12.1 Å². The molecule has 28 heavy (non-hydrogen) atoms. The van der Waals surface area contributed by atoms with E-state index in [4.69, 9.17) is 0 Å². The zero-order chi connectivity index (χ0) is 19.3. The highest BCUT2D eigenvalue weighted by Gasteiger charge is 2.22. The molecule has 0 bridgehead atoms. The molecule has 3 nitrogen and oxygen atoms in total. The van der Waals surface area contributed by atoms with Gasteiger partial charge in [0, 0.05) is 17.7 Å². The van der Waals surface area contributed by atoms with Gasteiger partial charge in [-0.25, -0.2) is 0 Å². The highest BCUT2D eigenvalue weighted by Crippen LogP contribution is 2.25. The zero-order valence-corrected chi connectivity index (χ0v) is 15.8. The molecule has 0 saturated heterocycles. The molecule has 2 N–H and O–H groups in total. The Morgan fingerprint density at radius 3 is 2.43 bits per heavy atom. The predicted octanol–water partition coefficient (Wildman–Crippen LogP) is 4.44. The average molecular weight is 371 g/mol. The van der Waals surface area contributed by atoms with Gasteiger partial charge in [0.15, 0.2) is 5.78 Å². The summed E-state index contributed by atoms with van der Waals surface area (Å²) in [6, 6.07) is 25.5. The largest absolute Gasteiger partial charge is 0.393 e. The van der Waals surface area contributed by atoms with E-state index in [0.717, 1.165) is 29.7 Å². The Kier molecular flexibility index (Phi) is 5.54. The van der Waals surface area contributed by atoms with Crippen molar-refractivity contribution in [3.8, 4) is 0 Å². The predicted molar refractivity (Wildman–Crippen MR) is 113 cm³/mol. The molecule has 0 aliphatic heterocycles. The smallest absolute Gasteiger partial charge is 0.185 e. The van der Waals surface area contributed by atoms with Crippen molar-refractivity contribution in [3.05, 3.63) is 101 Å². The number of Topliss-reactive ketones (excluding diaryl/α,β-unsaturated/α-hetero) is 1. The number of hydrogen-bond donors (Lipinski definition) is 2. The van der Waals surface area contributed by atoms with Gasteiger partial charge in [-0.3, -0.25) is 4.79 Å². The molecule has 3 aromatic rings. The lowest BCUT2D eigenvalue weighted by Crippen LogP contribution is -2.32. The number of fused-ring (bicyclic) bond motifs is 1. The van der Waals surface area contributed by atoms with Crippen molar-refractivity contribution >= 4 is 11.5 Å². The average Bonchev–Trinajstić information content (AvgIpc) is 2.74. The molecular weight excluding hydrogens is 346 g/mol. The molecule has 0 spiro atoms. The Balaban J connectivity index is 1.59. The number of aliphatic hydroxyl groups excluding tert-OH is 1. The van der Waals surface area contributed by atoms with E-state index in [1.807, 2.05) is 54.6 Å². The summed E-state index contributed by atoms with van der Waals surface area (Å²) < 4.78 is 0. The fourth-order valence-electron chi connectivity index (χ4n) is 3.89. The van der Waals surface area contributed by atoms with E-state index in [0.29, 0.717) is 12.8 Å². The summed E-state index contributed by atoms with van der Waals surface area (Å²) in [5.41, 5.74) is 5.28. The Morgan fingerprint density at radius 2 is 1.68 bits per heavy atom. The van der Waals surface area contributed by atoms with Crippen LogP contribution in [0.3, 0.4) is 0 Å². The SMILES string of the molecule is O=C(c1ccccc1)C(Cc1ccccc1)Nc1ccc2c(c1)CCC(O)C2. The number of rotatable bonds is 6. The van der Waals surface area contributed by atoms with Crippen LogP contribution in [-0.4, -0.2) is 23.0 Å². The minimum atomic E-state index is -0.336. The number of anilines is 1. The van der Waals surface area contributed by atoms with Crippen LogP contribution in [0, 0.1) is 0 Å². The van der Waals surface area contributed by atoms with Crippen LogP contribution in [0.25, 0.3) is 0 Å². The summed E-state index contributed by atoms with van der Waals surface area (Å²) in [4.78, 5) is 13.2. The number of carbonyl (C=O) groups excluding carboxylic acids is 1. The van der Waals surface area contributed by atoms with Crippen molar-refractivity contribution in [1.29, 1.82) is 0 Å². The van der Waals surface area contributed by atoms with Gasteiger partial charge in [-0.05, 0) is 48.1 Å². The van der Waals surface area contributed by atoms with E-state index in [1.165, 1.54) is 11.1 Å². The number of hydrogen-bond acceptors (Lipinski definition) is 3. The molecule has 142 valence electrons. The van der Waals surface area contributed by atoms with Crippen LogP contribution in [0.1, 0.15) is 33.5 Å². The summed E-state index contributed by atoms with van der Waals surface area (Å²) in [6.45, 7) is 0. The van der Waals surface area contributed by atoms with Gasteiger partial charge >= 0.3 is 0 Å². The molecule has 0 fully saturated rings. The van der Waals surface area contributed by atoms with E-state index in [-0.39, 0.29) is 17.9 Å². The molecule has 3 aromatic carbocycles. The second kappa shape index (κ2) is 8.41. The monoisotopic (exact) mass is 371 g/mol. The van der Waals surface area contributed by atoms with Gasteiger partial charge in [0.1, 0.15) is 0 Å². The third-order valence-corrected chi connectivity index (χ3v) is 5.41. The van der Waals surface area contributed by atoms with Crippen LogP contribution in [0.5, 0.6) is 0 Å². The normalized spacial score (nSPS) is 16.8. The van der Waals surface area contributed by atoms with Gasteiger partial charge in [0.25, 0.3) is 0 Å². The van der Waals surface area contributed by atoms with Crippen molar-refractivity contribution in [2.75, 3.05) is 5.32 Å². The van der Waals surface area contributed by atoms with Crippen molar-refractivity contribution in [1.82, 2.24) is 0 Å². The standard InChI is InChI=1S/C25H25NO2/c27-23-14-12-20-16-22(13-11-21(20)17-23)26-24(15-18-7-3-1-4-8-18)25(28)19-9-5-2-6-10-19/h1-11,13,16,23-24,26-27H,12,14-15,17H2. The highest BCUT2D eigenvalue weighted by atomic mass is 16.3. The summed E-state index contributed by atoms with van der Waals surface area (Å²) >= 11 is 0. The van der Waals surface area contributed by atoms with Crippen LogP contribution >= 0.6 is 0 Å². The third kappa shape index (κ3) is 4.32. The number of benzene rings is 3. The molecule has 4 rings (SSSR count). The van der Waals surface area contributed by atoms with Crippen molar-refractivity contribution in [2.24, 2.45) is 0 Å². The molecule has 0 radical (unpaired) electrons. The number of ketones is 1. The molecule has 0 saturated carbocycles. The number of nitrogens with one attached hydrogen (secondary N) is 1. The van der Waals surface area contributed by atoms with E-state index in [1.54, 1.807) is 0 Å². The molecular formula is C25H25NO2. The first-order valence-corrected chi connectivity index (χ1v) is 9.88. The topological polar surface area (TPSA) is 49.3 Å². The van der Waals surface area contributed by atoms with Crippen molar-refractivity contribution in [3.63, 3.8) is 0 Å². The molecule has 0 amide bonds. The number of aryl methyl sites for hydroxylation is 1. The van der Waals surface area contributed by atoms with E-state index in [9.17, 15) is 9.90 Å². The first kappa shape index (κ1) is 18.5. The lowest BCUT2D eigenvalue weighted by atomic mass is 9.89. The first-order valence-electron chi connectivity index (χ1n) is 9.88. The number of carbonyl (C=O) groups is 1.